The van der Waals surface area contributed by atoms with E-state index in [1.165, 1.54) is 0 Å². The van der Waals surface area contributed by atoms with E-state index in [1.807, 2.05) is 0 Å². The Morgan fingerprint density at radius 3 is 2.95 bits per heavy atom. The fourth-order valence-corrected chi connectivity index (χ4v) is 3.00. The van der Waals surface area contributed by atoms with Crippen molar-refractivity contribution < 1.29 is 18.4 Å². The zero-order valence-electron chi connectivity index (χ0n) is 10.2. The summed E-state index contributed by atoms with van der Waals surface area (Å²) in [5, 5.41) is 0.711. The number of hydroxylamine groups is 1. The monoisotopic (exact) mass is 333 g/mol. The van der Waals surface area contributed by atoms with Crippen molar-refractivity contribution in [3.8, 4) is 0 Å². The third-order valence-corrected chi connectivity index (χ3v) is 3.97. The highest BCUT2D eigenvalue weighted by molar-refractivity contribution is 9.10. The van der Waals surface area contributed by atoms with Gasteiger partial charge in [0.05, 0.1) is 12.1 Å². The molecule has 1 fully saturated rings. The second-order valence-corrected chi connectivity index (χ2v) is 5.64. The minimum atomic E-state index is -3.03. The Balaban J connectivity index is 1.87. The first kappa shape index (κ1) is 13.3. The van der Waals surface area contributed by atoms with Crippen molar-refractivity contribution in [1.29, 1.82) is 0 Å². The fraction of sp³-hybridized carbons (Fsp3) is 0.538. The zero-order chi connectivity index (χ0) is 13.5. The minimum Gasteiger partial charge on any atom is -0.350 e. The number of para-hydroxylation sites is 1. The summed E-state index contributed by atoms with van der Waals surface area (Å²) in [6.45, 7) is 0.562. The van der Waals surface area contributed by atoms with Gasteiger partial charge >= 0.3 is 6.05 Å². The Morgan fingerprint density at radius 2 is 2.21 bits per heavy atom. The Bertz CT molecular complexity index is 478. The van der Waals surface area contributed by atoms with Crippen molar-refractivity contribution in [2.45, 2.75) is 38.0 Å². The van der Waals surface area contributed by atoms with Crippen molar-refractivity contribution in [3.05, 3.63) is 28.2 Å². The Morgan fingerprint density at radius 1 is 1.37 bits per heavy atom. The molecule has 0 aromatic heterocycles. The predicted octanol–water partition coefficient (Wildman–Crippen LogP) is 3.86. The molecule has 0 N–H and O–H groups in total. The molecule has 0 amide bonds. The number of benzene rings is 1. The Kier molecular flexibility index (Phi) is 3.49. The Hall–Kier alpha value is -0.720. The number of anilines is 1. The summed E-state index contributed by atoms with van der Waals surface area (Å²) >= 11 is 3.31. The molecule has 1 unspecified atom stereocenters. The molecule has 3 rings (SSSR count). The maximum atomic E-state index is 14.1. The predicted molar refractivity (Wildman–Crippen MR) is 69.9 cm³/mol. The molecule has 0 radical (unpaired) electrons. The quantitative estimate of drug-likeness (QED) is 0.767. The number of halogens is 3. The molecule has 1 atom stereocenters. The smallest absolute Gasteiger partial charge is 0.350 e. The second kappa shape index (κ2) is 5.00. The van der Waals surface area contributed by atoms with Crippen LogP contribution in [-0.2, 0) is 16.0 Å². The van der Waals surface area contributed by atoms with Gasteiger partial charge in [-0.3, -0.25) is 0 Å². The van der Waals surface area contributed by atoms with Gasteiger partial charge in [-0.2, -0.15) is 13.8 Å². The van der Waals surface area contributed by atoms with Gasteiger partial charge in [0.2, 0.25) is 0 Å². The first-order valence-corrected chi connectivity index (χ1v) is 7.11. The molecule has 2 aliphatic heterocycles. The maximum Gasteiger partial charge on any atom is 0.351 e. The van der Waals surface area contributed by atoms with Crippen LogP contribution in [0.15, 0.2) is 22.7 Å². The van der Waals surface area contributed by atoms with E-state index in [0.717, 1.165) is 12.8 Å². The molecule has 1 saturated heterocycles. The van der Waals surface area contributed by atoms with E-state index in [2.05, 4.69) is 15.9 Å². The molecule has 2 aliphatic rings. The highest BCUT2D eigenvalue weighted by atomic mass is 79.9. The van der Waals surface area contributed by atoms with Crippen molar-refractivity contribution in [2.75, 3.05) is 11.7 Å². The van der Waals surface area contributed by atoms with E-state index < -0.39 is 12.3 Å². The van der Waals surface area contributed by atoms with Gasteiger partial charge in [-0.1, -0.05) is 12.1 Å². The van der Waals surface area contributed by atoms with Crippen LogP contribution in [0.3, 0.4) is 0 Å². The number of rotatable bonds is 2. The van der Waals surface area contributed by atoms with Crippen LogP contribution in [0, 0.1) is 0 Å². The number of hydrogen-bond acceptors (Lipinski definition) is 3. The van der Waals surface area contributed by atoms with E-state index in [4.69, 9.17) is 9.57 Å². The molecule has 2 heterocycles. The highest BCUT2D eigenvalue weighted by Crippen LogP contribution is 2.45. The summed E-state index contributed by atoms with van der Waals surface area (Å²) in [5.74, 6) is 0. The average molecular weight is 334 g/mol. The molecule has 1 aromatic carbocycles. The van der Waals surface area contributed by atoms with Crippen molar-refractivity contribution >= 4 is 21.6 Å². The lowest BCUT2D eigenvalue weighted by molar-refractivity contribution is -0.211. The van der Waals surface area contributed by atoms with E-state index in [9.17, 15) is 8.78 Å². The van der Waals surface area contributed by atoms with Crippen LogP contribution in [0.25, 0.3) is 0 Å². The molecule has 0 spiro atoms. The molecule has 3 nitrogen and oxygen atoms in total. The van der Waals surface area contributed by atoms with E-state index in [0.29, 0.717) is 33.8 Å². The lowest BCUT2D eigenvalue weighted by Gasteiger charge is -2.31. The van der Waals surface area contributed by atoms with Crippen LogP contribution in [0.5, 0.6) is 0 Å². The lowest BCUT2D eigenvalue weighted by Crippen LogP contribution is -2.43. The summed E-state index contributed by atoms with van der Waals surface area (Å²) in [6, 6.07) is 2.14. The number of ether oxygens (including phenoxy) is 1. The van der Waals surface area contributed by atoms with Crippen LogP contribution in [0.1, 0.15) is 24.8 Å². The molecular weight excluding hydrogens is 320 g/mol. The molecule has 1 aromatic rings. The number of nitrogens with zero attached hydrogens (tertiary/aromatic N) is 1. The summed E-state index contributed by atoms with van der Waals surface area (Å²) in [4.78, 5) is 5.41. The van der Waals surface area contributed by atoms with E-state index in [1.54, 1.807) is 18.2 Å². The minimum absolute atomic E-state index is 0.339. The summed E-state index contributed by atoms with van der Waals surface area (Å²) in [7, 11) is 0. The number of fused-ring (bicyclic) bond motifs is 1. The van der Waals surface area contributed by atoms with Gasteiger partial charge in [0.25, 0.3) is 0 Å². The highest BCUT2D eigenvalue weighted by Gasteiger charge is 2.48. The van der Waals surface area contributed by atoms with Gasteiger partial charge < -0.3 is 4.74 Å². The van der Waals surface area contributed by atoms with Gasteiger partial charge in [0.15, 0.2) is 6.29 Å². The Labute approximate surface area is 118 Å². The van der Waals surface area contributed by atoms with Crippen LogP contribution in [0.4, 0.5) is 14.5 Å². The van der Waals surface area contributed by atoms with Crippen molar-refractivity contribution in [1.82, 2.24) is 0 Å². The molecule has 6 heteroatoms. The summed E-state index contributed by atoms with van der Waals surface area (Å²) in [6.07, 6.45) is 1.61. The summed E-state index contributed by atoms with van der Waals surface area (Å²) < 4.78 is 34.1. The lowest BCUT2D eigenvalue weighted by atomic mass is 10.2. The molecular formula is C13H14BrF2NO2. The van der Waals surface area contributed by atoms with Crippen molar-refractivity contribution in [3.63, 3.8) is 0 Å². The number of hydrogen-bond donors (Lipinski definition) is 0. The van der Waals surface area contributed by atoms with Crippen LogP contribution in [0.2, 0.25) is 0 Å². The molecule has 104 valence electrons. The van der Waals surface area contributed by atoms with Gasteiger partial charge in [-0.05, 0) is 40.4 Å². The van der Waals surface area contributed by atoms with E-state index >= 15 is 0 Å². The zero-order valence-corrected chi connectivity index (χ0v) is 11.8. The van der Waals surface area contributed by atoms with Gasteiger partial charge in [0, 0.05) is 17.5 Å². The topological polar surface area (TPSA) is 21.7 Å². The summed E-state index contributed by atoms with van der Waals surface area (Å²) in [5.41, 5.74) is 0.983. The van der Waals surface area contributed by atoms with Crippen LogP contribution < -0.4 is 5.06 Å². The van der Waals surface area contributed by atoms with Crippen molar-refractivity contribution in [2.24, 2.45) is 0 Å². The average Bonchev–Trinajstić information content (AvgIpc) is 2.63. The van der Waals surface area contributed by atoms with Gasteiger partial charge in [0.1, 0.15) is 0 Å². The molecule has 0 saturated carbocycles. The fourth-order valence-electron chi connectivity index (χ4n) is 2.44. The third-order valence-electron chi connectivity index (χ3n) is 3.33. The first-order valence-electron chi connectivity index (χ1n) is 6.32. The third kappa shape index (κ3) is 2.49. The number of alkyl halides is 2. The largest absolute Gasteiger partial charge is 0.351 e. The van der Waals surface area contributed by atoms with Gasteiger partial charge in [-0.25, -0.2) is 4.84 Å². The second-order valence-electron chi connectivity index (χ2n) is 4.79. The van der Waals surface area contributed by atoms with Gasteiger partial charge in [-0.15, -0.1) is 0 Å². The van der Waals surface area contributed by atoms with Crippen LogP contribution >= 0.6 is 15.9 Å². The first-order chi connectivity index (χ1) is 9.08. The molecule has 19 heavy (non-hydrogen) atoms. The SMILES string of the molecule is FC1(F)Cc2cccc(Br)c2N1OC1CCCCO1. The van der Waals surface area contributed by atoms with E-state index in [-0.39, 0.29) is 6.42 Å². The molecule has 0 bridgehead atoms. The maximum absolute atomic E-state index is 14.1. The normalized spacial score (nSPS) is 25.4. The van der Waals surface area contributed by atoms with Crippen LogP contribution in [-0.4, -0.2) is 18.9 Å². The standard InChI is InChI=1S/C13H14BrF2NO2/c14-10-5-3-4-9-8-13(15,16)17(12(9)10)19-11-6-1-2-7-18-11/h3-5,11H,1-2,6-8H2. The molecule has 0 aliphatic carbocycles.